The van der Waals surface area contributed by atoms with E-state index in [1.807, 2.05) is 18.7 Å². The van der Waals surface area contributed by atoms with E-state index in [9.17, 15) is 14.0 Å². The Hall–Kier alpha value is -1.99. The standard InChI is InChI=1S/C21H26FNO4S/c1-12-7-5-8-13(2)23(12)20(24)14(3)27-21(25)19-15(11-26-4)18-16(22)9-6-10-17(18)28-19/h6,9-10,12-14H,5,7-8,11H2,1-4H3/t12-,13-,14-/m1/s1. The van der Waals surface area contributed by atoms with Crippen LogP contribution in [0.2, 0.25) is 0 Å². The molecule has 5 nitrogen and oxygen atoms in total. The Balaban J connectivity index is 1.83. The van der Waals surface area contributed by atoms with Crippen molar-refractivity contribution in [1.29, 1.82) is 0 Å². The molecule has 0 N–H and O–H groups in total. The Morgan fingerprint density at radius 2 is 1.96 bits per heavy atom. The lowest BCUT2D eigenvalue weighted by molar-refractivity contribution is -0.146. The Bertz CT molecular complexity index is 871. The first-order valence-corrected chi connectivity index (χ1v) is 10.4. The van der Waals surface area contributed by atoms with Crippen molar-refractivity contribution >= 4 is 33.3 Å². The lowest BCUT2D eigenvalue weighted by Gasteiger charge is -2.40. The highest BCUT2D eigenvalue weighted by Crippen LogP contribution is 2.34. The molecule has 1 aliphatic rings. The number of carbonyl (C=O) groups is 2. The highest BCUT2D eigenvalue weighted by Gasteiger charge is 2.34. The van der Waals surface area contributed by atoms with Crippen LogP contribution in [0.3, 0.4) is 0 Å². The van der Waals surface area contributed by atoms with Gasteiger partial charge in [-0.2, -0.15) is 0 Å². The van der Waals surface area contributed by atoms with E-state index in [4.69, 9.17) is 9.47 Å². The number of nitrogens with zero attached hydrogens (tertiary/aromatic N) is 1. The molecule has 28 heavy (non-hydrogen) atoms. The van der Waals surface area contributed by atoms with E-state index >= 15 is 0 Å². The second kappa shape index (κ2) is 8.57. The molecule has 3 atom stereocenters. The summed E-state index contributed by atoms with van der Waals surface area (Å²) >= 11 is 1.16. The van der Waals surface area contributed by atoms with Crippen LogP contribution in [0.4, 0.5) is 4.39 Å². The van der Waals surface area contributed by atoms with E-state index in [1.54, 1.807) is 19.1 Å². The van der Waals surface area contributed by atoms with Crippen molar-refractivity contribution in [2.45, 2.75) is 64.8 Å². The number of halogens is 1. The molecule has 152 valence electrons. The van der Waals surface area contributed by atoms with Gasteiger partial charge in [-0.15, -0.1) is 11.3 Å². The summed E-state index contributed by atoms with van der Waals surface area (Å²) in [5.41, 5.74) is 0.463. The smallest absolute Gasteiger partial charge is 0.349 e. The van der Waals surface area contributed by atoms with Crippen molar-refractivity contribution in [3.05, 3.63) is 34.5 Å². The summed E-state index contributed by atoms with van der Waals surface area (Å²) in [6.07, 6.45) is 2.09. The molecule has 0 saturated carbocycles. The van der Waals surface area contributed by atoms with Gasteiger partial charge in [-0.05, 0) is 52.2 Å². The summed E-state index contributed by atoms with van der Waals surface area (Å²) in [5, 5.41) is 0.374. The van der Waals surface area contributed by atoms with E-state index in [1.165, 1.54) is 13.2 Å². The van der Waals surface area contributed by atoms with Crippen LogP contribution in [0.5, 0.6) is 0 Å². The van der Waals surface area contributed by atoms with E-state index in [-0.39, 0.29) is 29.5 Å². The Kier molecular flexibility index (Phi) is 6.35. The number of amides is 1. The highest BCUT2D eigenvalue weighted by atomic mass is 32.1. The lowest BCUT2D eigenvalue weighted by Crippen LogP contribution is -2.51. The Labute approximate surface area is 168 Å². The van der Waals surface area contributed by atoms with Crippen LogP contribution < -0.4 is 0 Å². The molecule has 0 radical (unpaired) electrons. The monoisotopic (exact) mass is 407 g/mol. The van der Waals surface area contributed by atoms with Gasteiger partial charge in [0, 0.05) is 34.8 Å². The molecule has 0 unspecified atom stereocenters. The van der Waals surface area contributed by atoms with Gasteiger partial charge in [-0.3, -0.25) is 4.79 Å². The first-order valence-electron chi connectivity index (χ1n) is 9.57. The average Bonchev–Trinajstić information content (AvgIpc) is 3.02. The average molecular weight is 408 g/mol. The summed E-state index contributed by atoms with van der Waals surface area (Å²) in [5.74, 6) is -1.21. The zero-order chi connectivity index (χ0) is 20.4. The van der Waals surface area contributed by atoms with Crippen LogP contribution in [0, 0.1) is 5.82 Å². The number of carbonyl (C=O) groups excluding carboxylic acids is 2. The number of likely N-dealkylation sites (tertiary alicyclic amines) is 1. The SMILES string of the molecule is COCc1c(C(=O)O[C@H](C)C(=O)N2[C@H](C)CCC[C@H]2C)sc2cccc(F)c12. The highest BCUT2D eigenvalue weighted by molar-refractivity contribution is 7.21. The van der Waals surface area contributed by atoms with Crippen LogP contribution in [-0.2, 0) is 20.9 Å². The fourth-order valence-electron chi connectivity index (χ4n) is 3.94. The molecular weight excluding hydrogens is 381 g/mol. The van der Waals surface area contributed by atoms with Gasteiger partial charge >= 0.3 is 5.97 Å². The van der Waals surface area contributed by atoms with Gasteiger partial charge in [0.25, 0.3) is 5.91 Å². The Morgan fingerprint density at radius 1 is 1.29 bits per heavy atom. The number of hydrogen-bond acceptors (Lipinski definition) is 5. The van der Waals surface area contributed by atoms with Crippen LogP contribution in [0.15, 0.2) is 18.2 Å². The number of methoxy groups -OCH3 is 1. The van der Waals surface area contributed by atoms with Gasteiger partial charge in [0.2, 0.25) is 0 Å². The molecular formula is C21H26FNO4S. The van der Waals surface area contributed by atoms with Crippen LogP contribution in [-0.4, -0.2) is 42.1 Å². The minimum absolute atomic E-state index is 0.0912. The summed E-state index contributed by atoms with van der Waals surface area (Å²) in [7, 11) is 1.49. The van der Waals surface area contributed by atoms with Crippen LogP contribution in [0.25, 0.3) is 10.1 Å². The van der Waals surface area contributed by atoms with Gasteiger partial charge in [-0.25, -0.2) is 9.18 Å². The molecule has 3 rings (SSSR count). The normalized spacial score (nSPS) is 21.0. The van der Waals surface area contributed by atoms with Crippen LogP contribution in [0.1, 0.15) is 55.3 Å². The Morgan fingerprint density at radius 3 is 2.61 bits per heavy atom. The van der Waals surface area contributed by atoms with E-state index in [0.717, 1.165) is 30.6 Å². The molecule has 7 heteroatoms. The van der Waals surface area contributed by atoms with E-state index in [0.29, 0.717) is 15.6 Å². The van der Waals surface area contributed by atoms with Gasteiger partial charge in [0.05, 0.1) is 6.61 Å². The second-order valence-corrected chi connectivity index (χ2v) is 8.43. The zero-order valence-corrected chi connectivity index (χ0v) is 17.5. The van der Waals surface area contributed by atoms with E-state index < -0.39 is 17.9 Å². The summed E-state index contributed by atoms with van der Waals surface area (Å²) < 4.78 is 25.6. The third-order valence-electron chi connectivity index (χ3n) is 5.32. The first kappa shape index (κ1) is 20.7. The number of benzene rings is 1. The van der Waals surface area contributed by atoms with Crippen LogP contribution >= 0.6 is 11.3 Å². The molecule has 1 aliphatic heterocycles. The van der Waals surface area contributed by atoms with Crippen molar-refractivity contribution in [1.82, 2.24) is 4.90 Å². The molecule has 2 heterocycles. The minimum Gasteiger partial charge on any atom is -0.448 e. The topological polar surface area (TPSA) is 55.8 Å². The summed E-state index contributed by atoms with van der Waals surface area (Å²) in [4.78, 5) is 27.8. The molecule has 1 aromatic carbocycles. The van der Waals surface area contributed by atoms with E-state index in [2.05, 4.69) is 0 Å². The number of ether oxygens (including phenoxy) is 2. The van der Waals surface area contributed by atoms with Crippen molar-refractivity contribution in [3.8, 4) is 0 Å². The number of esters is 1. The summed E-state index contributed by atoms with van der Waals surface area (Å²) in [6, 6.07) is 4.96. The molecule has 0 spiro atoms. The van der Waals surface area contributed by atoms with Crippen molar-refractivity contribution < 1.29 is 23.5 Å². The molecule has 1 amide bonds. The molecule has 1 saturated heterocycles. The number of fused-ring (bicyclic) bond motifs is 1. The predicted molar refractivity (Wildman–Crippen MR) is 107 cm³/mol. The number of rotatable bonds is 5. The number of thiophene rings is 1. The molecule has 1 fully saturated rings. The second-order valence-electron chi connectivity index (χ2n) is 7.38. The van der Waals surface area contributed by atoms with Gasteiger partial charge in [-0.1, -0.05) is 6.07 Å². The molecule has 1 aromatic heterocycles. The predicted octanol–water partition coefficient (Wildman–Crippen LogP) is 4.52. The lowest BCUT2D eigenvalue weighted by atomic mass is 9.97. The maximum atomic E-state index is 14.3. The molecule has 2 aromatic rings. The van der Waals surface area contributed by atoms with Crippen molar-refractivity contribution in [3.63, 3.8) is 0 Å². The zero-order valence-electron chi connectivity index (χ0n) is 16.7. The van der Waals surface area contributed by atoms with Gasteiger partial charge in [0.1, 0.15) is 10.7 Å². The molecule has 0 aliphatic carbocycles. The largest absolute Gasteiger partial charge is 0.448 e. The molecule has 0 bridgehead atoms. The fourth-order valence-corrected chi connectivity index (χ4v) is 5.05. The van der Waals surface area contributed by atoms with Crippen molar-refractivity contribution in [2.75, 3.05) is 7.11 Å². The number of hydrogen-bond donors (Lipinski definition) is 0. The van der Waals surface area contributed by atoms with Gasteiger partial charge < -0.3 is 14.4 Å². The number of piperidine rings is 1. The first-order chi connectivity index (χ1) is 13.3. The third-order valence-corrected chi connectivity index (χ3v) is 6.49. The third kappa shape index (κ3) is 3.91. The maximum Gasteiger partial charge on any atom is 0.349 e. The fraction of sp³-hybridized carbons (Fsp3) is 0.524. The summed E-state index contributed by atoms with van der Waals surface area (Å²) in [6.45, 7) is 5.73. The maximum absolute atomic E-state index is 14.3. The van der Waals surface area contributed by atoms with Crippen molar-refractivity contribution in [2.24, 2.45) is 0 Å². The minimum atomic E-state index is -0.902. The quantitative estimate of drug-likeness (QED) is 0.684. The van der Waals surface area contributed by atoms with Gasteiger partial charge in [0.15, 0.2) is 6.10 Å².